The fourth-order valence-corrected chi connectivity index (χ4v) is 4.24. The highest BCUT2D eigenvalue weighted by molar-refractivity contribution is 14.1. The molecular weight excluding hydrogens is 621 g/mol. The number of nitrogens with one attached hydrogen (secondary N) is 4. The van der Waals surface area contributed by atoms with E-state index in [4.69, 9.17) is 0 Å². The second kappa shape index (κ2) is 16.9. The number of carbonyl (C=O) groups excluding carboxylic acids is 6. The monoisotopic (exact) mass is 657 g/mol. The van der Waals surface area contributed by atoms with Crippen LogP contribution in [-0.4, -0.2) is 81.8 Å². The maximum atomic E-state index is 12.4. The summed E-state index contributed by atoms with van der Waals surface area (Å²) in [5.41, 5.74) is 0.865. The number of imide groups is 1. The predicted octanol–water partition coefficient (Wildman–Crippen LogP) is -0.229. The second-order valence-corrected chi connectivity index (χ2v) is 10.6. The van der Waals surface area contributed by atoms with Crippen LogP contribution in [0.25, 0.3) is 0 Å². The van der Waals surface area contributed by atoms with Crippen LogP contribution >= 0.6 is 22.6 Å². The first-order chi connectivity index (χ1) is 18.6. The number of rotatable bonds is 17. The molecule has 1 aromatic rings. The molecule has 0 saturated carbocycles. The third kappa shape index (κ3) is 12.2. The zero-order chi connectivity index (χ0) is 28.8. The lowest BCUT2D eigenvalue weighted by Crippen LogP contribution is -2.54. The van der Waals surface area contributed by atoms with Crippen LogP contribution in [0.1, 0.15) is 44.6 Å². The van der Waals surface area contributed by atoms with Crippen LogP contribution in [0.15, 0.2) is 30.3 Å². The molecule has 1 aliphatic rings. The van der Waals surface area contributed by atoms with Crippen LogP contribution in [0.5, 0.6) is 0 Å². The predicted molar refractivity (Wildman–Crippen MR) is 150 cm³/mol. The van der Waals surface area contributed by atoms with Crippen molar-refractivity contribution >= 4 is 55.9 Å². The molecule has 1 fully saturated rings. The van der Waals surface area contributed by atoms with Crippen molar-refractivity contribution in [3.8, 4) is 0 Å². The van der Waals surface area contributed by atoms with Gasteiger partial charge >= 0.3 is 0 Å². The fourth-order valence-electron chi connectivity index (χ4n) is 4.02. The molecule has 2 rings (SSSR count). The molecule has 5 amide bonds. The summed E-state index contributed by atoms with van der Waals surface area (Å²) in [6, 6.07) is 8.44. The minimum absolute atomic E-state index is 0.0730. The average Bonchev–Trinajstić information content (AvgIpc) is 3.14. The van der Waals surface area contributed by atoms with E-state index in [0.29, 0.717) is 32.2 Å². The molecular formula is C26H36IN5O7. The van der Waals surface area contributed by atoms with Crippen molar-refractivity contribution in [2.75, 3.05) is 26.2 Å². The summed E-state index contributed by atoms with van der Waals surface area (Å²) < 4.78 is -0.199. The molecule has 13 heteroatoms. The number of aliphatic hydroxyl groups excluding tert-OH is 1. The van der Waals surface area contributed by atoms with Crippen LogP contribution in [-0.2, 0) is 35.2 Å². The van der Waals surface area contributed by atoms with Gasteiger partial charge in [-0.1, -0.05) is 43.7 Å². The number of carbonyl (C=O) groups is 6. The molecule has 1 heterocycles. The molecule has 0 aromatic heterocycles. The SMILES string of the molecule is CC1CC(=O)N(CCCCCC(=O)NCC(=O)NCC(=O)N[C@@H](Cc2ccccc2)C(O)NCC(=O)I)C1=O. The van der Waals surface area contributed by atoms with Crippen molar-refractivity contribution in [1.82, 2.24) is 26.2 Å². The number of halogens is 1. The summed E-state index contributed by atoms with van der Waals surface area (Å²) >= 11 is 1.60. The Morgan fingerprint density at radius 2 is 1.64 bits per heavy atom. The first-order valence-corrected chi connectivity index (χ1v) is 13.9. The maximum absolute atomic E-state index is 12.4. The number of hydrogen-bond donors (Lipinski definition) is 5. The molecule has 1 saturated heterocycles. The molecule has 0 aliphatic carbocycles. The summed E-state index contributed by atoms with van der Waals surface area (Å²) in [6.45, 7) is 1.36. The highest BCUT2D eigenvalue weighted by Crippen LogP contribution is 2.19. The smallest absolute Gasteiger partial charge is 0.239 e. The van der Waals surface area contributed by atoms with Gasteiger partial charge in [-0.25, -0.2) is 0 Å². The van der Waals surface area contributed by atoms with Gasteiger partial charge in [0.15, 0.2) is 0 Å². The summed E-state index contributed by atoms with van der Waals surface area (Å²) in [4.78, 5) is 72.7. The Hall–Kier alpha value is -2.91. The minimum Gasteiger partial charge on any atom is -0.376 e. The molecule has 0 bridgehead atoms. The Labute approximate surface area is 241 Å². The van der Waals surface area contributed by atoms with E-state index < -0.39 is 24.1 Å². The van der Waals surface area contributed by atoms with Gasteiger partial charge in [0.2, 0.25) is 33.3 Å². The average molecular weight is 658 g/mol. The standard InChI is InChI=1S/C26H36IN5O7/c1-17-12-24(37)32(26(17)39)11-7-3-6-10-21(34)28-15-22(35)29-16-23(36)31-19(25(38)30-14-20(27)33)13-18-8-4-2-5-9-18/h2,4-5,8-9,17,19,25,30,38H,3,6-7,10-16H2,1H3,(H,28,34)(H,29,35)(H,31,36)/t17?,19-,25?/m0/s1. The fraction of sp³-hybridized carbons (Fsp3) is 0.538. The Morgan fingerprint density at radius 3 is 2.28 bits per heavy atom. The molecule has 1 aliphatic heterocycles. The molecule has 5 N–H and O–H groups in total. The molecule has 0 spiro atoms. The van der Waals surface area contributed by atoms with Crippen molar-refractivity contribution in [2.24, 2.45) is 5.92 Å². The molecule has 1 aromatic carbocycles. The second-order valence-electron chi connectivity index (χ2n) is 9.40. The van der Waals surface area contributed by atoms with Gasteiger partial charge in [-0.05, 0) is 24.8 Å². The van der Waals surface area contributed by atoms with E-state index in [1.165, 1.54) is 4.90 Å². The maximum Gasteiger partial charge on any atom is 0.239 e. The summed E-state index contributed by atoms with van der Waals surface area (Å²) in [7, 11) is 0. The Kier molecular flexibility index (Phi) is 14.0. The molecule has 214 valence electrons. The van der Waals surface area contributed by atoms with Gasteiger partial charge in [0.1, 0.15) is 6.23 Å². The van der Waals surface area contributed by atoms with Gasteiger partial charge < -0.3 is 21.1 Å². The number of unbranched alkanes of at least 4 members (excludes halogenated alkanes) is 2. The van der Waals surface area contributed by atoms with E-state index in [-0.39, 0.29) is 59.9 Å². The van der Waals surface area contributed by atoms with Gasteiger partial charge in [-0.15, -0.1) is 0 Å². The van der Waals surface area contributed by atoms with Gasteiger partial charge in [0.05, 0.1) is 25.7 Å². The molecule has 12 nitrogen and oxygen atoms in total. The van der Waals surface area contributed by atoms with Crippen LogP contribution in [0.4, 0.5) is 0 Å². The van der Waals surface area contributed by atoms with E-state index in [1.807, 2.05) is 30.3 Å². The largest absolute Gasteiger partial charge is 0.376 e. The molecule has 2 unspecified atom stereocenters. The number of benzene rings is 1. The van der Waals surface area contributed by atoms with E-state index in [0.717, 1.165) is 5.56 Å². The lowest BCUT2D eigenvalue weighted by Gasteiger charge is -2.25. The molecule has 39 heavy (non-hydrogen) atoms. The van der Waals surface area contributed by atoms with Gasteiger partial charge in [0, 0.05) is 47.9 Å². The summed E-state index contributed by atoms with van der Waals surface area (Å²) in [6.07, 6.45) is 1.35. The number of nitrogens with zero attached hydrogens (tertiary/aromatic N) is 1. The van der Waals surface area contributed by atoms with E-state index in [1.54, 1.807) is 29.5 Å². The van der Waals surface area contributed by atoms with Crippen molar-refractivity contribution < 1.29 is 33.9 Å². The van der Waals surface area contributed by atoms with Crippen LogP contribution in [0.3, 0.4) is 0 Å². The third-order valence-electron chi connectivity index (χ3n) is 6.12. The van der Waals surface area contributed by atoms with Crippen molar-refractivity contribution in [2.45, 2.75) is 57.7 Å². The van der Waals surface area contributed by atoms with E-state index in [2.05, 4.69) is 21.3 Å². The Morgan fingerprint density at radius 1 is 0.974 bits per heavy atom. The zero-order valence-corrected chi connectivity index (χ0v) is 24.1. The number of amides is 5. The zero-order valence-electron chi connectivity index (χ0n) is 21.9. The van der Waals surface area contributed by atoms with Crippen LogP contribution < -0.4 is 21.3 Å². The normalized spacial score (nSPS) is 16.5. The minimum atomic E-state index is -1.19. The molecule has 3 atom stereocenters. The van der Waals surface area contributed by atoms with Crippen LogP contribution in [0.2, 0.25) is 0 Å². The van der Waals surface area contributed by atoms with Gasteiger partial charge in [-0.2, -0.15) is 0 Å². The van der Waals surface area contributed by atoms with Crippen molar-refractivity contribution in [1.29, 1.82) is 0 Å². The first kappa shape index (κ1) is 32.3. The van der Waals surface area contributed by atoms with Gasteiger partial charge in [-0.3, -0.25) is 39.0 Å². The quantitative estimate of drug-likeness (QED) is 0.0503. The number of likely N-dealkylation sites (tertiary alicyclic amines) is 1. The first-order valence-electron chi connectivity index (χ1n) is 12.9. The summed E-state index contributed by atoms with van der Waals surface area (Å²) in [5, 5.41) is 20.7. The Balaban J connectivity index is 1.65. The topological polar surface area (TPSA) is 174 Å². The van der Waals surface area contributed by atoms with Crippen LogP contribution in [0, 0.1) is 5.92 Å². The molecule has 0 radical (unpaired) electrons. The third-order valence-corrected chi connectivity index (χ3v) is 6.50. The van der Waals surface area contributed by atoms with Crippen molar-refractivity contribution in [3.63, 3.8) is 0 Å². The Bertz CT molecular complexity index is 1020. The van der Waals surface area contributed by atoms with E-state index >= 15 is 0 Å². The lowest BCUT2D eigenvalue weighted by atomic mass is 10.0. The highest BCUT2D eigenvalue weighted by atomic mass is 127. The lowest BCUT2D eigenvalue weighted by molar-refractivity contribution is -0.139. The van der Waals surface area contributed by atoms with E-state index in [9.17, 15) is 33.9 Å². The van der Waals surface area contributed by atoms with Gasteiger partial charge in [0.25, 0.3) is 0 Å². The summed E-state index contributed by atoms with van der Waals surface area (Å²) in [5.74, 6) is -1.98. The number of aliphatic hydroxyl groups is 1. The highest BCUT2D eigenvalue weighted by Gasteiger charge is 2.34. The van der Waals surface area contributed by atoms with Crippen molar-refractivity contribution in [3.05, 3.63) is 35.9 Å². The number of hydrogen-bond acceptors (Lipinski definition) is 8.